The third-order valence-corrected chi connectivity index (χ3v) is 7.80. The topological polar surface area (TPSA) is 112 Å². The molecule has 1 amide bonds. The number of nitrogens with zero attached hydrogens (tertiary/aromatic N) is 3. The highest BCUT2D eigenvalue weighted by Crippen LogP contribution is 2.36. The molecule has 0 radical (unpaired) electrons. The van der Waals surface area contributed by atoms with Gasteiger partial charge >= 0.3 is 0 Å². The zero-order chi connectivity index (χ0) is 20.6. The number of sulfone groups is 1. The quantitative estimate of drug-likeness (QED) is 0.691. The Balaban J connectivity index is 1.39. The Kier molecular flexibility index (Phi) is 5.43. The maximum absolute atomic E-state index is 12.4. The Morgan fingerprint density at radius 2 is 2.07 bits per heavy atom. The summed E-state index contributed by atoms with van der Waals surface area (Å²) in [7, 11) is -1.22. The summed E-state index contributed by atoms with van der Waals surface area (Å²) >= 11 is 1.26. The van der Waals surface area contributed by atoms with Crippen molar-refractivity contribution in [2.75, 3.05) is 18.1 Å². The maximum Gasteiger partial charge on any atom is 0.233 e. The van der Waals surface area contributed by atoms with Crippen molar-refractivity contribution in [1.29, 1.82) is 0 Å². The predicted molar refractivity (Wildman–Crippen MR) is 107 cm³/mol. The lowest BCUT2D eigenvalue weighted by Gasteiger charge is -2.25. The van der Waals surface area contributed by atoms with Crippen LogP contribution in [0, 0.1) is 0 Å². The Hall–Kier alpha value is -2.27. The van der Waals surface area contributed by atoms with Crippen LogP contribution in [-0.4, -0.2) is 58.5 Å². The second-order valence-corrected chi connectivity index (χ2v) is 10.7. The van der Waals surface area contributed by atoms with E-state index in [0.717, 1.165) is 0 Å². The van der Waals surface area contributed by atoms with Crippen LogP contribution in [0.3, 0.4) is 0 Å². The molecule has 2 aliphatic rings. The maximum atomic E-state index is 12.4. The molecule has 3 heterocycles. The van der Waals surface area contributed by atoms with Gasteiger partial charge in [-0.3, -0.25) is 4.79 Å². The highest BCUT2D eigenvalue weighted by atomic mass is 32.2. The summed E-state index contributed by atoms with van der Waals surface area (Å²) in [4.78, 5) is 12.4. The number of hydrogen-bond donors (Lipinski definition) is 1. The van der Waals surface area contributed by atoms with Crippen molar-refractivity contribution in [3.63, 3.8) is 0 Å². The van der Waals surface area contributed by atoms with E-state index in [4.69, 9.17) is 9.47 Å². The van der Waals surface area contributed by atoms with Gasteiger partial charge in [-0.05, 0) is 25.5 Å². The first-order valence-corrected chi connectivity index (χ1v) is 12.0. The molecule has 1 saturated heterocycles. The van der Waals surface area contributed by atoms with Gasteiger partial charge < -0.3 is 19.4 Å². The lowest BCUT2D eigenvalue weighted by Crippen LogP contribution is -2.40. The van der Waals surface area contributed by atoms with Crippen molar-refractivity contribution in [1.82, 2.24) is 20.1 Å². The molecule has 29 heavy (non-hydrogen) atoms. The van der Waals surface area contributed by atoms with Crippen molar-refractivity contribution in [2.24, 2.45) is 7.05 Å². The van der Waals surface area contributed by atoms with Crippen LogP contribution in [0.2, 0.25) is 0 Å². The van der Waals surface area contributed by atoms with Gasteiger partial charge in [0.15, 0.2) is 38.4 Å². The van der Waals surface area contributed by atoms with Crippen molar-refractivity contribution < 1.29 is 22.7 Å². The molecule has 0 bridgehead atoms. The third-order valence-electron chi connectivity index (χ3n) is 4.90. The summed E-state index contributed by atoms with van der Waals surface area (Å²) in [6.45, 7) is 2.08. The van der Waals surface area contributed by atoms with E-state index in [9.17, 15) is 13.2 Å². The molecule has 1 aromatic carbocycles. The van der Waals surface area contributed by atoms with Gasteiger partial charge in [0.25, 0.3) is 0 Å². The van der Waals surface area contributed by atoms with Gasteiger partial charge in [0.2, 0.25) is 5.91 Å². The first-order chi connectivity index (χ1) is 13.8. The van der Waals surface area contributed by atoms with Crippen LogP contribution in [0.4, 0.5) is 0 Å². The number of carbonyl (C=O) groups is 1. The number of thioether (sulfide) groups is 1. The van der Waals surface area contributed by atoms with Crippen molar-refractivity contribution >= 4 is 27.5 Å². The Bertz CT molecular complexity index is 1020. The van der Waals surface area contributed by atoms with Crippen molar-refractivity contribution in [3.8, 4) is 11.5 Å². The molecule has 0 spiro atoms. The molecule has 0 saturated carbocycles. The standard InChI is InChI=1S/C18H22N4O5S2/c1-11(17(23)19-12-7-8-29(24,25)10-12)28-18-21-20-16(22(18)2)15-9-26-13-5-3-4-6-14(13)27-15/h3-6,11-12,15H,7-10H2,1-2H3,(H,19,23)/t11-,12-,15-/m0/s1. The molecule has 0 aliphatic carbocycles. The summed E-state index contributed by atoms with van der Waals surface area (Å²) in [5.74, 6) is 1.87. The summed E-state index contributed by atoms with van der Waals surface area (Å²) in [6, 6.07) is 7.12. The second-order valence-electron chi connectivity index (χ2n) is 7.13. The molecule has 1 N–H and O–H groups in total. The largest absolute Gasteiger partial charge is 0.485 e. The minimum Gasteiger partial charge on any atom is -0.485 e. The Labute approximate surface area is 173 Å². The SMILES string of the molecule is C[C@H](Sc1nnc([C@@H]2COc3ccccc3O2)n1C)C(=O)N[C@H]1CCS(=O)(=O)C1. The number of aromatic nitrogens is 3. The molecule has 2 aromatic rings. The predicted octanol–water partition coefficient (Wildman–Crippen LogP) is 1.11. The van der Waals surface area contributed by atoms with Gasteiger partial charge in [-0.25, -0.2) is 8.42 Å². The van der Waals surface area contributed by atoms with Crippen LogP contribution in [0.1, 0.15) is 25.3 Å². The van der Waals surface area contributed by atoms with Crippen molar-refractivity contribution in [3.05, 3.63) is 30.1 Å². The number of carbonyl (C=O) groups excluding carboxylic acids is 1. The Morgan fingerprint density at radius 1 is 1.31 bits per heavy atom. The van der Waals surface area contributed by atoms with E-state index in [1.54, 1.807) is 11.5 Å². The third kappa shape index (κ3) is 4.35. The second kappa shape index (κ2) is 7.86. The molecule has 3 atom stereocenters. The molecule has 0 unspecified atom stereocenters. The highest BCUT2D eigenvalue weighted by molar-refractivity contribution is 8.00. The van der Waals surface area contributed by atoms with E-state index < -0.39 is 21.2 Å². The average molecular weight is 439 g/mol. The van der Waals surface area contributed by atoms with E-state index in [0.29, 0.717) is 35.5 Å². The van der Waals surface area contributed by atoms with Gasteiger partial charge in [0.1, 0.15) is 6.61 Å². The van der Waals surface area contributed by atoms with Gasteiger partial charge in [-0.15, -0.1) is 10.2 Å². The fraction of sp³-hybridized carbons (Fsp3) is 0.500. The van der Waals surface area contributed by atoms with E-state index in [1.165, 1.54) is 11.8 Å². The van der Waals surface area contributed by atoms with Crippen LogP contribution in [-0.2, 0) is 21.7 Å². The number of fused-ring (bicyclic) bond motifs is 1. The summed E-state index contributed by atoms with van der Waals surface area (Å²) in [6.07, 6.45) is 0.0599. The molecule has 1 fully saturated rings. The fourth-order valence-corrected chi connectivity index (χ4v) is 5.80. The van der Waals surface area contributed by atoms with Crippen LogP contribution >= 0.6 is 11.8 Å². The van der Waals surface area contributed by atoms with Crippen LogP contribution < -0.4 is 14.8 Å². The molecule has 2 aliphatic heterocycles. The number of nitrogens with one attached hydrogen (secondary N) is 1. The average Bonchev–Trinajstić information content (AvgIpc) is 3.23. The number of amides is 1. The lowest BCUT2D eigenvalue weighted by atomic mass is 10.2. The van der Waals surface area contributed by atoms with E-state index in [-0.39, 0.29) is 23.5 Å². The smallest absolute Gasteiger partial charge is 0.233 e. The van der Waals surface area contributed by atoms with Crippen LogP contribution in [0.5, 0.6) is 11.5 Å². The monoisotopic (exact) mass is 438 g/mol. The molecular weight excluding hydrogens is 416 g/mol. The molecular formula is C18H22N4O5S2. The number of para-hydroxylation sites is 2. The molecule has 156 valence electrons. The molecule has 4 rings (SSSR count). The van der Waals surface area contributed by atoms with Gasteiger partial charge in [0.05, 0.1) is 16.8 Å². The highest BCUT2D eigenvalue weighted by Gasteiger charge is 2.31. The summed E-state index contributed by atoms with van der Waals surface area (Å²) in [5, 5.41) is 11.4. The van der Waals surface area contributed by atoms with E-state index in [2.05, 4.69) is 15.5 Å². The number of ether oxygens (including phenoxy) is 2. The van der Waals surface area contributed by atoms with Crippen LogP contribution in [0.25, 0.3) is 0 Å². The minimum absolute atomic E-state index is 0.00469. The van der Waals surface area contributed by atoms with Crippen LogP contribution in [0.15, 0.2) is 29.4 Å². The molecule has 9 nitrogen and oxygen atoms in total. The zero-order valence-electron chi connectivity index (χ0n) is 16.1. The fourth-order valence-electron chi connectivity index (χ4n) is 3.29. The van der Waals surface area contributed by atoms with E-state index >= 15 is 0 Å². The van der Waals surface area contributed by atoms with E-state index in [1.807, 2.05) is 31.3 Å². The van der Waals surface area contributed by atoms with Gasteiger partial charge in [0, 0.05) is 13.1 Å². The minimum atomic E-state index is -3.04. The number of benzene rings is 1. The van der Waals surface area contributed by atoms with Crippen molar-refractivity contribution in [2.45, 2.75) is 35.9 Å². The summed E-state index contributed by atoms with van der Waals surface area (Å²) in [5.41, 5.74) is 0. The summed E-state index contributed by atoms with van der Waals surface area (Å²) < 4.78 is 36.6. The normalized spacial score (nSPS) is 23.5. The first kappa shape index (κ1) is 20.0. The molecule has 1 aromatic heterocycles. The first-order valence-electron chi connectivity index (χ1n) is 9.27. The van der Waals surface area contributed by atoms with Gasteiger partial charge in [-0.2, -0.15) is 0 Å². The zero-order valence-corrected chi connectivity index (χ0v) is 17.7. The molecule has 11 heteroatoms. The Morgan fingerprint density at radius 3 is 2.79 bits per heavy atom. The number of rotatable bonds is 5. The lowest BCUT2D eigenvalue weighted by molar-refractivity contribution is -0.120. The van der Waals surface area contributed by atoms with Gasteiger partial charge in [-0.1, -0.05) is 23.9 Å². The number of hydrogen-bond acceptors (Lipinski definition) is 8.